The predicted octanol–water partition coefficient (Wildman–Crippen LogP) is 3.11. The second-order valence-electron chi connectivity index (χ2n) is 5.44. The van der Waals surface area contributed by atoms with Crippen LogP contribution in [0.1, 0.15) is 23.5 Å². The Kier molecular flexibility index (Phi) is 5.65. The average molecular weight is 328 g/mol. The fourth-order valence-corrected chi connectivity index (χ4v) is 2.10. The molecule has 0 bridgehead atoms. The zero-order valence-electron chi connectivity index (χ0n) is 12.6. The third-order valence-corrected chi connectivity index (χ3v) is 3.63. The van der Waals surface area contributed by atoms with Crippen molar-refractivity contribution in [2.75, 3.05) is 19.8 Å². The van der Waals surface area contributed by atoms with Crippen LogP contribution in [0, 0.1) is 0 Å². The van der Waals surface area contributed by atoms with Gasteiger partial charge in [-0.1, -0.05) is 30.8 Å². The third kappa shape index (κ3) is 5.28. The summed E-state index contributed by atoms with van der Waals surface area (Å²) in [4.78, 5) is 11.6. The molecule has 23 heavy (non-hydrogen) atoms. The molecule has 0 atom stereocenters. The molecule has 2 rings (SSSR count). The van der Waals surface area contributed by atoms with Gasteiger partial charge in [-0.25, -0.2) is 4.79 Å². The molecule has 4 nitrogen and oxygen atoms in total. The lowest BCUT2D eigenvalue weighted by Gasteiger charge is -2.26. The molecule has 7 heteroatoms. The molecule has 0 aliphatic carbocycles. The van der Waals surface area contributed by atoms with Crippen LogP contribution in [0.4, 0.5) is 18.0 Å². The number of rotatable bonds is 6. The molecule has 2 N–H and O–H groups in total. The molecule has 1 saturated heterocycles. The summed E-state index contributed by atoms with van der Waals surface area (Å²) in [6, 6.07) is 7.31. The van der Waals surface area contributed by atoms with Crippen molar-refractivity contribution in [3.63, 3.8) is 0 Å². The lowest BCUT2D eigenvalue weighted by molar-refractivity contribution is -0.0934. The van der Waals surface area contributed by atoms with Gasteiger partial charge in [0.25, 0.3) is 0 Å². The van der Waals surface area contributed by atoms with Crippen LogP contribution in [-0.2, 0) is 11.3 Å². The monoisotopic (exact) mass is 328 g/mol. The number of amides is 2. The van der Waals surface area contributed by atoms with Gasteiger partial charge in [-0.05, 0) is 17.5 Å². The molecular formula is C16H19F3N2O2. The Labute approximate surface area is 132 Å². The van der Waals surface area contributed by atoms with Crippen LogP contribution in [0.25, 0.3) is 0 Å². The zero-order chi connectivity index (χ0) is 16.9. The van der Waals surface area contributed by atoms with Crippen molar-refractivity contribution in [1.29, 1.82) is 0 Å². The Morgan fingerprint density at radius 1 is 1.30 bits per heavy atom. The van der Waals surface area contributed by atoms with E-state index in [1.165, 1.54) is 0 Å². The number of urea groups is 1. The molecule has 0 radical (unpaired) electrons. The van der Waals surface area contributed by atoms with Gasteiger partial charge >= 0.3 is 12.2 Å². The van der Waals surface area contributed by atoms with Crippen molar-refractivity contribution in [2.45, 2.75) is 25.1 Å². The van der Waals surface area contributed by atoms with Crippen LogP contribution in [0.15, 0.2) is 36.4 Å². The van der Waals surface area contributed by atoms with E-state index in [1.54, 1.807) is 0 Å². The van der Waals surface area contributed by atoms with Crippen LogP contribution in [-0.4, -0.2) is 32.0 Å². The minimum absolute atomic E-state index is 0.108. The van der Waals surface area contributed by atoms with Gasteiger partial charge in [0.2, 0.25) is 0 Å². The highest BCUT2D eigenvalue weighted by molar-refractivity contribution is 5.73. The second-order valence-corrected chi connectivity index (χ2v) is 5.44. The normalized spacial score (nSPS) is 14.9. The lowest BCUT2D eigenvalue weighted by atomic mass is 9.96. The predicted molar refractivity (Wildman–Crippen MR) is 80.1 cm³/mol. The van der Waals surface area contributed by atoms with Crippen molar-refractivity contribution >= 4 is 6.03 Å². The van der Waals surface area contributed by atoms with Gasteiger partial charge in [0.1, 0.15) is 0 Å². The smallest absolute Gasteiger partial charge is 0.380 e. The highest BCUT2D eigenvalue weighted by Gasteiger charge is 2.31. The molecule has 0 saturated carbocycles. The van der Waals surface area contributed by atoms with Gasteiger partial charge in [-0.2, -0.15) is 13.2 Å². The molecule has 0 unspecified atom stereocenters. The Hall–Kier alpha value is -2.02. The first-order valence-electron chi connectivity index (χ1n) is 7.29. The topological polar surface area (TPSA) is 50.4 Å². The van der Waals surface area contributed by atoms with Gasteiger partial charge < -0.3 is 15.4 Å². The summed E-state index contributed by atoms with van der Waals surface area (Å²) in [5, 5.41) is 5.01. The first kappa shape index (κ1) is 17.3. The lowest BCUT2D eigenvalue weighted by Crippen LogP contribution is -2.36. The summed E-state index contributed by atoms with van der Waals surface area (Å²) in [5.74, 6) is 0.400. The average Bonchev–Trinajstić information content (AvgIpc) is 2.42. The second kappa shape index (κ2) is 7.50. The molecule has 1 aliphatic heterocycles. The largest absolute Gasteiger partial charge is 0.412 e. The van der Waals surface area contributed by atoms with Gasteiger partial charge in [0, 0.05) is 24.6 Å². The SMILES string of the molecule is C=C(CCNC(=O)NCc1cccc(C2COC2)c1)C(F)(F)F. The van der Waals surface area contributed by atoms with Crippen molar-refractivity contribution in [3.05, 3.63) is 47.5 Å². The Bertz CT molecular complexity index is 569. The molecule has 1 fully saturated rings. The van der Waals surface area contributed by atoms with Crippen LogP contribution in [0.5, 0.6) is 0 Å². The summed E-state index contributed by atoms with van der Waals surface area (Å²) in [6.07, 6.45) is -4.74. The fourth-order valence-electron chi connectivity index (χ4n) is 2.10. The quantitative estimate of drug-likeness (QED) is 0.789. The highest BCUT2D eigenvalue weighted by atomic mass is 19.4. The molecule has 0 aromatic heterocycles. The number of hydrogen-bond donors (Lipinski definition) is 2. The van der Waals surface area contributed by atoms with E-state index < -0.39 is 17.8 Å². The van der Waals surface area contributed by atoms with Crippen LogP contribution >= 0.6 is 0 Å². The summed E-state index contributed by atoms with van der Waals surface area (Å²) < 4.78 is 41.9. The minimum atomic E-state index is -4.41. The maximum atomic E-state index is 12.2. The van der Waals surface area contributed by atoms with Gasteiger partial charge in [-0.3, -0.25) is 0 Å². The Morgan fingerprint density at radius 2 is 2.04 bits per heavy atom. The van der Waals surface area contributed by atoms with E-state index in [-0.39, 0.29) is 13.0 Å². The number of hydrogen-bond acceptors (Lipinski definition) is 2. The third-order valence-electron chi connectivity index (χ3n) is 3.63. The maximum Gasteiger partial charge on any atom is 0.412 e. The van der Waals surface area contributed by atoms with Gasteiger partial charge in [-0.15, -0.1) is 0 Å². The van der Waals surface area contributed by atoms with Crippen LogP contribution in [0.2, 0.25) is 0 Å². The molecule has 126 valence electrons. The van der Waals surface area contributed by atoms with E-state index in [4.69, 9.17) is 4.74 Å². The highest BCUT2D eigenvalue weighted by Crippen LogP contribution is 2.26. The Morgan fingerprint density at radius 3 is 2.65 bits per heavy atom. The molecule has 1 heterocycles. The summed E-state index contributed by atoms with van der Waals surface area (Å²) in [6.45, 7) is 4.57. The van der Waals surface area contributed by atoms with E-state index in [0.29, 0.717) is 25.7 Å². The molecule has 1 aromatic carbocycles. The van der Waals surface area contributed by atoms with E-state index in [1.807, 2.05) is 24.3 Å². The molecular weight excluding hydrogens is 309 g/mol. The number of carbonyl (C=O) groups excluding carboxylic acids is 1. The zero-order valence-corrected chi connectivity index (χ0v) is 12.6. The standard InChI is InChI=1S/C16H19F3N2O2/c1-11(16(17,18)19)5-6-20-15(22)21-8-12-3-2-4-13(7-12)14-9-23-10-14/h2-4,7,14H,1,5-6,8-10H2,(H2,20,21,22). The number of halogens is 3. The van der Waals surface area contributed by atoms with E-state index in [2.05, 4.69) is 17.2 Å². The van der Waals surface area contributed by atoms with Crippen molar-refractivity contribution in [1.82, 2.24) is 10.6 Å². The van der Waals surface area contributed by atoms with Gasteiger partial charge in [0.15, 0.2) is 0 Å². The maximum absolute atomic E-state index is 12.2. The van der Waals surface area contributed by atoms with Crippen LogP contribution < -0.4 is 10.6 Å². The first-order chi connectivity index (χ1) is 10.9. The number of alkyl halides is 3. The summed E-state index contributed by atoms with van der Waals surface area (Å²) in [7, 11) is 0. The number of nitrogens with one attached hydrogen (secondary N) is 2. The van der Waals surface area contributed by atoms with E-state index in [0.717, 1.165) is 11.1 Å². The molecule has 1 aliphatic rings. The van der Waals surface area contributed by atoms with Gasteiger partial charge in [0.05, 0.1) is 13.2 Å². The first-order valence-corrected chi connectivity index (χ1v) is 7.29. The van der Waals surface area contributed by atoms with Crippen molar-refractivity contribution < 1.29 is 22.7 Å². The summed E-state index contributed by atoms with van der Waals surface area (Å²) >= 11 is 0. The molecule has 1 aromatic rings. The molecule has 0 spiro atoms. The number of ether oxygens (including phenoxy) is 1. The Balaban J connectivity index is 1.71. The van der Waals surface area contributed by atoms with E-state index in [9.17, 15) is 18.0 Å². The number of benzene rings is 1. The van der Waals surface area contributed by atoms with Crippen molar-refractivity contribution in [3.8, 4) is 0 Å². The molecule has 2 amide bonds. The van der Waals surface area contributed by atoms with Crippen LogP contribution in [0.3, 0.4) is 0 Å². The minimum Gasteiger partial charge on any atom is -0.380 e. The number of carbonyl (C=O) groups is 1. The van der Waals surface area contributed by atoms with E-state index >= 15 is 0 Å². The summed E-state index contributed by atoms with van der Waals surface area (Å²) in [5.41, 5.74) is 1.25. The fraction of sp³-hybridized carbons (Fsp3) is 0.438. The van der Waals surface area contributed by atoms with Crippen molar-refractivity contribution in [2.24, 2.45) is 0 Å².